The van der Waals surface area contributed by atoms with E-state index in [1.54, 1.807) is 7.11 Å². The smallest absolute Gasteiger partial charge is 0.115 e. The Balaban J connectivity index is 2.04. The average molecular weight is 359 g/mol. The molecule has 2 atom stereocenters. The molecule has 21 heavy (non-hydrogen) atoms. The second kappa shape index (κ2) is 4.59. The predicted molar refractivity (Wildman–Crippen MR) is 91.8 cm³/mol. The minimum Gasteiger partial charge on any atom is -0.497 e. The fraction of sp³-hybridized carbons (Fsp3) is 0.222. The van der Waals surface area contributed by atoms with Crippen LogP contribution in [0.2, 0.25) is 0 Å². The number of fused-ring (bicyclic) bond motifs is 6. The highest BCUT2D eigenvalue weighted by molar-refractivity contribution is 9.11. The van der Waals surface area contributed by atoms with E-state index in [2.05, 4.69) is 71.4 Å². The summed E-state index contributed by atoms with van der Waals surface area (Å²) in [6.45, 7) is 2.33. The van der Waals surface area contributed by atoms with Gasteiger partial charge >= 0.3 is 0 Å². The monoisotopic (exact) mass is 358 g/mol. The molecule has 2 aromatic rings. The van der Waals surface area contributed by atoms with Gasteiger partial charge in [0.25, 0.3) is 0 Å². The zero-order chi connectivity index (χ0) is 14.6. The van der Waals surface area contributed by atoms with Gasteiger partial charge in [0, 0.05) is 16.2 Å². The van der Waals surface area contributed by atoms with Gasteiger partial charge in [-0.1, -0.05) is 37.3 Å². The minimum atomic E-state index is 0.00238. The first-order valence-electron chi connectivity index (χ1n) is 6.97. The average Bonchev–Trinajstić information content (AvgIpc) is 2.90. The highest BCUT2D eigenvalue weighted by Crippen LogP contribution is 2.56. The summed E-state index contributed by atoms with van der Waals surface area (Å²) in [5.74, 6) is 1.28. The van der Waals surface area contributed by atoms with Crippen LogP contribution in [0.4, 0.5) is 0 Å². The van der Waals surface area contributed by atoms with Gasteiger partial charge in [-0.05, 0) is 50.8 Å². The first-order valence-corrected chi connectivity index (χ1v) is 8.58. The molecular weight excluding hydrogens is 344 g/mol. The van der Waals surface area contributed by atoms with Crippen LogP contribution in [0.15, 0.2) is 58.1 Å². The van der Waals surface area contributed by atoms with Crippen molar-refractivity contribution < 1.29 is 4.74 Å². The summed E-state index contributed by atoms with van der Waals surface area (Å²) in [6, 6.07) is 11.0. The topological polar surface area (TPSA) is 9.23 Å². The lowest BCUT2D eigenvalue weighted by Crippen LogP contribution is -2.32. The van der Waals surface area contributed by atoms with E-state index in [0.717, 1.165) is 5.76 Å². The van der Waals surface area contributed by atoms with Gasteiger partial charge in [-0.2, -0.15) is 0 Å². The number of hydrogen-bond acceptors (Lipinski definition) is 2. The Hall–Kier alpha value is -1.32. The van der Waals surface area contributed by atoms with Crippen LogP contribution in [-0.2, 0) is 10.2 Å². The van der Waals surface area contributed by atoms with Crippen molar-refractivity contribution in [2.75, 3.05) is 7.11 Å². The third-order valence-electron chi connectivity index (χ3n) is 4.58. The molecule has 3 heteroatoms. The number of benzene rings is 1. The summed E-state index contributed by atoms with van der Waals surface area (Å²) in [5, 5.41) is 0. The van der Waals surface area contributed by atoms with E-state index < -0.39 is 0 Å². The van der Waals surface area contributed by atoms with Gasteiger partial charge in [0.2, 0.25) is 0 Å². The van der Waals surface area contributed by atoms with Crippen LogP contribution >= 0.6 is 27.3 Å². The molecule has 1 nitrogen and oxygen atoms in total. The van der Waals surface area contributed by atoms with Gasteiger partial charge in [0.15, 0.2) is 0 Å². The SMILES string of the molecule is COC1=C[C@@H]2c3ccccc3-c3cc(Br)sc3C2(C)C=C1. The Bertz CT molecular complexity index is 786. The van der Waals surface area contributed by atoms with Crippen molar-refractivity contribution in [3.05, 3.63) is 68.5 Å². The number of allylic oxidation sites excluding steroid dienone is 3. The standard InChI is InChI=1S/C18H15BrOS/c1-18-8-7-11(20-2)9-15(18)13-6-4-3-5-12(13)14-10-16(19)21-17(14)18/h3-10,15H,1-2H3/t15-,18?/m1/s1. The molecule has 1 aromatic heterocycles. The first-order chi connectivity index (χ1) is 10.1. The molecule has 106 valence electrons. The van der Waals surface area contributed by atoms with Gasteiger partial charge in [-0.25, -0.2) is 0 Å². The van der Waals surface area contributed by atoms with Crippen LogP contribution in [0.1, 0.15) is 23.3 Å². The van der Waals surface area contributed by atoms with Crippen molar-refractivity contribution in [3.63, 3.8) is 0 Å². The van der Waals surface area contributed by atoms with Crippen LogP contribution < -0.4 is 0 Å². The maximum atomic E-state index is 5.46. The van der Waals surface area contributed by atoms with Crippen molar-refractivity contribution in [1.29, 1.82) is 0 Å². The van der Waals surface area contributed by atoms with E-state index in [-0.39, 0.29) is 5.41 Å². The normalized spacial score (nSPS) is 25.7. The van der Waals surface area contributed by atoms with Crippen LogP contribution in [0.25, 0.3) is 11.1 Å². The lowest BCUT2D eigenvalue weighted by Gasteiger charge is -2.41. The summed E-state index contributed by atoms with van der Waals surface area (Å²) < 4.78 is 6.66. The molecule has 0 saturated heterocycles. The molecule has 0 bridgehead atoms. The van der Waals surface area contributed by atoms with Gasteiger partial charge in [-0.3, -0.25) is 0 Å². The Labute approximate surface area is 137 Å². The van der Waals surface area contributed by atoms with Crippen LogP contribution in [0.5, 0.6) is 0 Å². The van der Waals surface area contributed by atoms with E-state index in [1.165, 1.54) is 25.4 Å². The molecular formula is C18H15BrOS. The van der Waals surface area contributed by atoms with Crippen molar-refractivity contribution in [2.24, 2.45) is 0 Å². The second-order valence-corrected chi connectivity index (χ2v) is 8.18. The number of ether oxygens (including phenoxy) is 1. The van der Waals surface area contributed by atoms with Gasteiger partial charge < -0.3 is 4.74 Å². The largest absolute Gasteiger partial charge is 0.497 e. The van der Waals surface area contributed by atoms with Crippen molar-refractivity contribution in [3.8, 4) is 11.1 Å². The molecule has 0 amide bonds. The number of halogens is 1. The minimum absolute atomic E-state index is 0.00238. The molecule has 2 aliphatic carbocycles. The molecule has 4 rings (SSSR count). The third-order valence-corrected chi connectivity index (χ3v) is 6.48. The zero-order valence-corrected chi connectivity index (χ0v) is 14.3. The Kier molecular flexibility index (Phi) is 2.92. The summed E-state index contributed by atoms with van der Waals surface area (Å²) >= 11 is 5.51. The third kappa shape index (κ3) is 1.80. The lowest BCUT2D eigenvalue weighted by molar-refractivity contribution is 0.297. The van der Waals surface area contributed by atoms with Crippen LogP contribution in [0, 0.1) is 0 Å². The van der Waals surface area contributed by atoms with E-state index >= 15 is 0 Å². The van der Waals surface area contributed by atoms with Crippen molar-refractivity contribution in [1.82, 2.24) is 0 Å². The highest BCUT2D eigenvalue weighted by Gasteiger charge is 2.43. The summed E-state index contributed by atoms with van der Waals surface area (Å²) in [7, 11) is 1.74. The van der Waals surface area contributed by atoms with Gasteiger partial charge in [0.1, 0.15) is 5.76 Å². The second-order valence-electron chi connectivity index (χ2n) is 5.75. The van der Waals surface area contributed by atoms with Crippen LogP contribution in [0.3, 0.4) is 0 Å². The molecule has 0 aliphatic heterocycles. The molecule has 0 saturated carbocycles. The Morgan fingerprint density at radius 3 is 2.86 bits per heavy atom. The summed E-state index contributed by atoms with van der Waals surface area (Å²) in [4.78, 5) is 1.43. The first kappa shape index (κ1) is 13.4. The molecule has 0 N–H and O–H groups in total. The molecule has 0 fully saturated rings. The fourth-order valence-electron chi connectivity index (χ4n) is 3.49. The predicted octanol–water partition coefficient (Wildman–Crippen LogP) is 5.63. The van der Waals surface area contributed by atoms with E-state index in [9.17, 15) is 0 Å². The molecule has 1 heterocycles. The maximum Gasteiger partial charge on any atom is 0.115 e. The fourth-order valence-corrected chi connectivity index (χ4v) is 5.27. The summed E-state index contributed by atoms with van der Waals surface area (Å²) in [5.41, 5.74) is 4.10. The maximum absolute atomic E-state index is 5.46. The molecule has 1 unspecified atom stereocenters. The number of rotatable bonds is 1. The number of thiophene rings is 1. The number of hydrogen-bond donors (Lipinski definition) is 0. The van der Waals surface area contributed by atoms with Gasteiger partial charge in [-0.15, -0.1) is 11.3 Å². The van der Waals surface area contributed by atoms with Crippen LogP contribution in [-0.4, -0.2) is 7.11 Å². The Morgan fingerprint density at radius 1 is 1.24 bits per heavy atom. The van der Waals surface area contributed by atoms with E-state index in [4.69, 9.17) is 4.74 Å². The van der Waals surface area contributed by atoms with Crippen molar-refractivity contribution >= 4 is 27.3 Å². The summed E-state index contributed by atoms with van der Waals surface area (Å²) in [6.07, 6.45) is 6.66. The quantitative estimate of drug-likeness (QED) is 0.641. The zero-order valence-electron chi connectivity index (χ0n) is 11.9. The number of methoxy groups -OCH3 is 1. The Morgan fingerprint density at radius 2 is 2.05 bits per heavy atom. The lowest BCUT2D eigenvalue weighted by atomic mass is 9.64. The van der Waals surface area contributed by atoms with Crippen molar-refractivity contribution in [2.45, 2.75) is 18.3 Å². The van der Waals surface area contributed by atoms with Gasteiger partial charge in [0.05, 0.1) is 10.9 Å². The molecule has 1 aromatic carbocycles. The molecule has 0 spiro atoms. The highest BCUT2D eigenvalue weighted by atomic mass is 79.9. The molecule has 0 radical (unpaired) electrons. The van der Waals surface area contributed by atoms with E-state index in [0.29, 0.717) is 5.92 Å². The van der Waals surface area contributed by atoms with E-state index in [1.807, 2.05) is 11.3 Å². The molecule has 2 aliphatic rings.